The van der Waals surface area contributed by atoms with Crippen molar-refractivity contribution in [2.75, 3.05) is 6.54 Å². The Labute approximate surface area is 133 Å². The predicted molar refractivity (Wildman–Crippen MR) is 83.5 cm³/mol. The first kappa shape index (κ1) is 15.8. The second-order valence-corrected chi connectivity index (χ2v) is 6.40. The molecule has 0 aromatic heterocycles. The minimum Gasteiger partial charge on any atom is -0.446 e. The molecule has 0 bridgehead atoms. The maximum Gasteiger partial charge on any atom is 0.410 e. The van der Waals surface area contributed by atoms with E-state index in [4.69, 9.17) is 10.00 Å². The van der Waals surface area contributed by atoms with Crippen LogP contribution in [0.3, 0.4) is 0 Å². The lowest BCUT2D eigenvalue weighted by Gasteiger charge is -2.36. The van der Waals surface area contributed by atoms with Crippen LogP contribution >= 0.6 is 15.9 Å². The van der Waals surface area contributed by atoms with Crippen LogP contribution in [-0.4, -0.2) is 23.6 Å². The van der Waals surface area contributed by atoms with E-state index in [1.165, 1.54) is 0 Å². The number of rotatable bonds is 4. The first-order chi connectivity index (χ1) is 10.0. The van der Waals surface area contributed by atoms with Gasteiger partial charge in [-0.05, 0) is 31.5 Å². The first-order valence-electron chi connectivity index (χ1n) is 7.13. The number of hydrogen-bond acceptors (Lipinski definition) is 3. The summed E-state index contributed by atoms with van der Waals surface area (Å²) >= 11 is 3.41. The van der Waals surface area contributed by atoms with Gasteiger partial charge < -0.3 is 9.64 Å². The molecule has 0 N–H and O–H groups in total. The van der Waals surface area contributed by atoms with E-state index in [2.05, 4.69) is 22.0 Å². The van der Waals surface area contributed by atoms with E-state index >= 15 is 0 Å². The fraction of sp³-hybridized carbons (Fsp3) is 0.500. The molecule has 1 aliphatic rings. The van der Waals surface area contributed by atoms with Gasteiger partial charge in [-0.1, -0.05) is 28.1 Å². The van der Waals surface area contributed by atoms with Gasteiger partial charge in [0.15, 0.2) is 0 Å². The number of halogens is 1. The highest BCUT2D eigenvalue weighted by molar-refractivity contribution is 9.10. The molecule has 1 aromatic carbocycles. The SMILES string of the molecule is CC(C#N)CC1CCN(C(C)c2ccc(Br)cc2)C(=O)O1. The highest BCUT2D eigenvalue weighted by Crippen LogP contribution is 2.27. The number of nitrogens with zero attached hydrogens (tertiary/aromatic N) is 2. The fourth-order valence-corrected chi connectivity index (χ4v) is 2.79. The van der Waals surface area contributed by atoms with Gasteiger partial charge in [0.1, 0.15) is 6.10 Å². The predicted octanol–water partition coefficient (Wildman–Crippen LogP) is 4.27. The molecule has 1 heterocycles. The molecule has 0 spiro atoms. The highest BCUT2D eigenvalue weighted by Gasteiger charge is 2.31. The lowest BCUT2D eigenvalue weighted by Crippen LogP contribution is -2.43. The molecule has 3 atom stereocenters. The van der Waals surface area contributed by atoms with E-state index < -0.39 is 0 Å². The molecule has 2 rings (SSSR count). The number of carbonyl (C=O) groups excluding carboxylic acids is 1. The summed E-state index contributed by atoms with van der Waals surface area (Å²) in [7, 11) is 0. The van der Waals surface area contributed by atoms with Gasteiger partial charge in [-0.25, -0.2) is 4.79 Å². The number of carbonyl (C=O) groups is 1. The van der Waals surface area contributed by atoms with Crippen molar-refractivity contribution in [2.45, 2.75) is 38.8 Å². The van der Waals surface area contributed by atoms with Crippen LogP contribution in [0, 0.1) is 17.2 Å². The quantitative estimate of drug-likeness (QED) is 0.814. The lowest BCUT2D eigenvalue weighted by molar-refractivity contribution is 0.00686. The van der Waals surface area contributed by atoms with Gasteiger partial charge in [0.05, 0.1) is 12.1 Å². The molecular weight excluding hydrogens is 332 g/mol. The van der Waals surface area contributed by atoms with E-state index in [9.17, 15) is 4.79 Å². The van der Waals surface area contributed by atoms with Gasteiger partial charge >= 0.3 is 6.09 Å². The number of benzene rings is 1. The second kappa shape index (κ2) is 6.95. The Kier molecular flexibility index (Phi) is 5.24. The van der Waals surface area contributed by atoms with E-state index in [1.54, 1.807) is 4.90 Å². The Morgan fingerprint density at radius 3 is 2.67 bits per heavy atom. The smallest absolute Gasteiger partial charge is 0.410 e. The van der Waals surface area contributed by atoms with Gasteiger partial charge in [0.2, 0.25) is 0 Å². The lowest BCUT2D eigenvalue weighted by atomic mass is 10.0. The molecular formula is C16H19BrN2O2. The molecule has 112 valence electrons. The summed E-state index contributed by atoms with van der Waals surface area (Å²) in [5.41, 5.74) is 1.08. The third kappa shape index (κ3) is 3.98. The van der Waals surface area contributed by atoms with Crippen molar-refractivity contribution < 1.29 is 9.53 Å². The highest BCUT2D eigenvalue weighted by atomic mass is 79.9. The minimum absolute atomic E-state index is 0.0139. The minimum atomic E-state index is -0.285. The molecule has 3 unspecified atom stereocenters. The number of cyclic esters (lactones) is 1. The Balaban J connectivity index is 1.98. The van der Waals surface area contributed by atoms with E-state index in [1.807, 2.05) is 38.1 Å². The average Bonchev–Trinajstić information content (AvgIpc) is 2.47. The molecule has 0 radical (unpaired) electrons. The van der Waals surface area contributed by atoms with Crippen molar-refractivity contribution in [1.82, 2.24) is 4.90 Å². The molecule has 0 saturated carbocycles. The largest absolute Gasteiger partial charge is 0.446 e. The summed E-state index contributed by atoms with van der Waals surface area (Å²) in [5, 5.41) is 8.84. The van der Waals surface area contributed by atoms with Crippen LogP contribution in [0.4, 0.5) is 4.79 Å². The first-order valence-corrected chi connectivity index (χ1v) is 7.93. The zero-order chi connectivity index (χ0) is 15.4. The van der Waals surface area contributed by atoms with Crippen LogP contribution in [0.25, 0.3) is 0 Å². The number of amides is 1. The summed E-state index contributed by atoms with van der Waals surface area (Å²) in [6.07, 6.45) is 0.966. The van der Waals surface area contributed by atoms with Crippen molar-refractivity contribution in [1.29, 1.82) is 5.26 Å². The fourth-order valence-electron chi connectivity index (χ4n) is 2.53. The summed E-state index contributed by atoms with van der Waals surface area (Å²) in [6, 6.07) is 10.1. The Morgan fingerprint density at radius 1 is 1.43 bits per heavy atom. The molecule has 1 aromatic rings. The van der Waals surface area contributed by atoms with Crippen molar-refractivity contribution in [3.8, 4) is 6.07 Å². The maximum absolute atomic E-state index is 12.2. The number of ether oxygens (including phenoxy) is 1. The van der Waals surface area contributed by atoms with Crippen molar-refractivity contribution >= 4 is 22.0 Å². The van der Waals surface area contributed by atoms with Crippen LogP contribution in [0.1, 0.15) is 38.3 Å². The third-order valence-corrected chi connectivity index (χ3v) is 4.38. The average molecular weight is 351 g/mol. The summed E-state index contributed by atoms with van der Waals surface area (Å²) < 4.78 is 6.48. The van der Waals surface area contributed by atoms with E-state index in [-0.39, 0.29) is 24.2 Å². The Bertz CT molecular complexity index is 538. The van der Waals surface area contributed by atoms with Gasteiger partial charge in [0.25, 0.3) is 0 Å². The molecule has 1 saturated heterocycles. The van der Waals surface area contributed by atoms with Crippen LogP contribution in [0.15, 0.2) is 28.7 Å². The van der Waals surface area contributed by atoms with Crippen molar-refractivity contribution in [2.24, 2.45) is 5.92 Å². The Morgan fingerprint density at radius 2 is 2.10 bits per heavy atom. The van der Waals surface area contributed by atoms with E-state index in [0.29, 0.717) is 13.0 Å². The molecule has 1 aliphatic heterocycles. The summed E-state index contributed by atoms with van der Waals surface area (Å²) in [6.45, 7) is 4.52. The van der Waals surface area contributed by atoms with Crippen molar-refractivity contribution in [3.63, 3.8) is 0 Å². The third-order valence-electron chi connectivity index (χ3n) is 3.85. The zero-order valence-corrected chi connectivity index (χ0v) is 13.8. The maximum atomic E-state index is 12.2. The normalized spacial score (nSPS) is 21.3. The van der Waals surface area contributed by atoms with Crippen LogP contribution < -0.4 is 0 Å². The van der Waals surface area contributed by atoms with Gasteiger partial charge in [-0.15, -0.1) is 0 Å². The van der Waals surface area contributed by atoms with Gasteiger partial charge in [-0.3, -0.25) is 0 Å². The zero-order valence-electron chi connectivity index (χ0n) is 12.3. The van der Waals surface area contributed by atoms with E-state index in [0.717, 1.165) is 16.5 Å². The molecule has 4 nitrogen and oxygen atoms in total. The number of nitriles is 1. The van der Waals surface area contributed by atoms with Gasteiger partial charge in [0, 0.05) is 29.8 Å². The van der Waals surface area contributed by atoms with Crippen LogP contribution in [0.2, 0.25) is 0 Å². The number of hydrogen-bond donors (Lipinski definition) is 0. The molecule has 1 fully saturated rings. The molecule has 21 heavy (non-hydrogen) atoms. The second-order valence-electron chi connectivity index (χ2n) is 5.48. The standard InChI is InChI=1S/C16H19BrN2O2/c1-11(10-18)9-15-7-8-19(16(20)21-15)12(2)13-3-5-14(17)6-4-13/h3-6,11-12,15H,7-9H2,1-2H3. The molecule has 1 amide bonds. The van der Waals surface area contributed by atoms with Crippen LogP contribution in [0.5, 0.6) is 0 Å². The molecule has 0 aliphatic carbocycles. The van der Waals surface area contributed by atoms with Crippen molar-refractivity contribution in [3.05, 3.63) is 34.3 Å². The Hall–Kier alpha value is -1.54. The molecule has 5 heteroatoms. The summed E-state index contributed by atoms with van der Waals surface area (Å²) in [5.74, 6) is -0.0850. The van der Waals surface area contributed by atoms with Crippen LogP contribution in [-0.2, 0) is 4.74 Å². The van der Waals surface area contributed by atoms with Gasteiger partial charge in [-0.2, -0.15) is 5.26 Å². The monoisotopic (exact) mass is 350 g/mol. The topological polar surface area (TPSA) is 53.3 Å². The summed E-state index contributed by atoms with van der Waals surface area (Å²) in [4.78, 5) is 13.9.